The highest BCUT2D eigenvalue weighted by Gasteiger charge is 2.27. The zero-order valence-electron chi connectivity index (χ0n) is 14.3. The van der Waals surface area contributed by atoms with Crippen molar-refractivity contribution in [3.63, 3.8) is 0 Å². The predicted octanol–water partition coefficient (Wildman–Crippen LogP) is 2.61. The molecule has 4 rings (SSSR count). The van der Waals surface area contributed by atoms with E-state index in [1.165, 1.54) is 5.56 Å². The number of aromatic nitrogens is 4. The molecule has 0 radical (unpaired) electrons. The van der Waals surface area contributed by atoms with Crippen molar-refractivity contribution in [1.82, 2.24) is 25.1 Å². The van der Waals surface area contributed by atoms with Crippen molar-refractivity contribution in [1.29, 1.82) is 0 Å². The maximum absolute atomic E-state index is 12.7. The summed E-state index contributed by atoms with van der Waals surface area (Å²) in [6.45, 7) is 3.58. The molecule has 25 heavy (non-hydrogen) atoms. The fourth-order valence-corrected chi connectivity index (χ4v) is 3.48. The Kier molecular flexibility index (Phi) is 4.17. The Hall–Kier alpha value is -2.76. The highest BCUT2D eigenvalue weighted by Crippen LogP contribution is 2.29. The second-order valence-corrected chi connectivity index (χ2v) is 6.71. The summed E-state index contributed by atoms with van der Waals surface area (Å²) in [5.41, 5.74) is 4.73. The Morgan fingerprint density at radius 3 is 2.88 bits per heavy atom. The molecule has 1 saturated heterocycles. The number of fused-ring (bicyclic) bond motifs is 1. The van der Waals surface area contributed by atoms with Crippen molar-refractivity contribution in [2.24, 2.45) is 0 Å². The predicted molar refractivity (Wildman–Crippen MR) is 95.1 cm³/mol. The highest BCUT2D eigenvalue weighted by atomic mass is 16.2. The molecule has 1 aliphatic rings. The maximum Gasteiger partial charge on any atom is 0.227 e. The van der Waals surface area contributed by atoms with Gasteiger partial charge in [-0.05, 0) is 25.3 Å². The van der Waals surface area contributed by atoms with Gasteiger partial charge >= 0.3 is 0 Å². The van der Waals surface area contributed by atoms with Crippen molar-refractivity contribution in [2.45, 2.75) is 32.1 Å². The molecule has 0 bridgehead atoms. The number of benzene rings is 1. The van der Waals surface area contributed by atoms with E-state index in [4.69, 9.17) is 0 Å². The van der Waals surface area contributed by atoms with Crippen LogP contribution in [0, 0.1) is 6.92 Å². The number of nitrogens with one attached hydrogen (secondary N) is 1. The van der Waals surface area contributed by atoms with Crippen LogP contribution in [-0.4, -0.2) is 44.1 Å². The summed E-state index contributed by atoms with van der Waals surface area (Å²) in [5.74, 6) is 0.417. The maximum atomic E-state index is 12.7. The van der Waals surface area contributed by atoms with Gasteiger partial charge in [0.25, 0.3) is 0 Å². The number of aromatic amines is 1. The van der Waals surface area contributed by atoms with Crippen molar-refractivity contribution < 1.29 is 4.79 Å². The minimum atomic E-state index is 0.184. The fourth-order valence-electron chi connectivity index (χ4n) is 3.48. The molecule has 1 atom stereocenters. The zero-order valence-corrected chi connectivity index (χ0v) is 14.3. The summed E-state index contributed by atoms with van der Waals surface area (Å²) in [4.78, 5) is 23.3. The summed E-state index contributed by atoms with van der Waals surface area (Å²) in [6, 6.07) is 8.17. The van der Waals surface area contributed by atoms with E-state index in [9.17, 15) is 4.79 Å². The lowest BCUT2D eigenvalue weighted by molar-refractivity contribution is -0.131. The van der Waals surface area contributed by atoms with Crippen LogP contribution in [0.1, 0.15) is 35.6 Å². The number of hydrogen-bond donors (Lipinski definition) is 1. The third-order valence-electron chi connectivity index (χ3n) is 4.87. The summed E-state index contributed by atoms with van der Waals surface area (Å²) in [7, 11) is 0. The van der Waals surface area contributed by atoms with E-state index < -0.39 is 0 Å². The molecule has 0 saturated carbocycles. The van der Waals surface area contributed by atoms with Gasteiger partial charge in [0.1, 0.15) is 5.52 Å². The molecule has 0 unspecified atom stereocenters. The number of piperidine rings is 1. The van der Waals surface area contributed by atoms with Crippen LogP contribution in [-0.2, 0) is 11.2 Å². The summed E-state index contributed by atoms with van der Waals surface area (Å²) in [6.07, 6.45) is 5.81. The van der Waals surface area contributed by atoms with Crippen LogP contribution < -0.4 is 0 Å². The highest BCUT2D eigenvalue weighted by molar-refractivity contribution is 5.79. The minimum Gasteiger partial charge on any atom is -0.342 e. The fraction of sp³-hybridized carbons (Fsp3) is 0.368. The van der Waals surface area contributed by atoms with Gasteiger partial charge in [0, 0.05) is 31.4 Å². The number of hydrogen-bond acceptors (Lipinski definition) is 4. The monoisotopic (exact) mass is 335 g/mol. The Morgan fingerprint density at radius 1 is 1.24 bits per heavy atom. The quantitative estimate of drug-likeness (QED) is 0.798. The largest absolute Gasteiger partial charge is 0.342 e. The molecule has 1 fully saturated rings. The molecule has 3 aromatic rings. The molecule has 0 aliphatic carbocycles. The topological polar surface area (TPSA) is 74.8 Å². The lowest BCUT2D eigenvalue weighted by Gasteiger charge is -2.32. The van der Waals surface area contributed by atoms with E-state index in [0.29, 0.717) is 18.6 Å². The van der Waals surface area contributed by atoms with Crippen LogP contribution in [0.2, 0.25) is 0 Å². The summed E-state index contributed by atoms with van der Waals surface area (Å²) >= 11 is 0. The molecule has 6 heteroatoms. The van der Waals surface area contributed by atoms with Crippen LogP contribution in [0.25, 0.3) is 11.2 Å². The zero-order chi connectivity index (χ0) is 17.2. The Bertz CT molecular complexity index is 886. The standard InChI is InChI=1S/C19H21N5O/c1-13-4-6-14(7-5-13)11-16(25)24-10-2-3-15(12-24)17-18-19(23-22-17)21-9-8-20-18/h4-9,15H,2-3,10-12H2,1H3,(H,21,22,23)/t15-/m1/s1. The Balaban J connectivity index is 1.49. The normalized spacial score (nSPS) is 17.8. The number of amides is 1. The molecule has 128 valence electrons. The van der Waals surface area contributed by atoms with E-state index in [1.54, 1.807) is 12.4 Å². The number of H-pyrrole nitrogens is 1. The van der Waals surface area contributed by atoms with Gasteiger partial charge in [-0.1, -0.05) is 29.8 Å². The van der Waals surface area contributed by atoms with Crippen molar-refractivity contribution >= 4 is 17.1 Å². The van der Waals surface area contributed by atoms with Gasteiger partial charge in [0.2, 0.25) is 5.91 Å². The van der Waals surface area contributed by atoms with Crippen molar-refractivity contribution in [3.05, 3.63) is 53.5 Å². The first-order chi connectivity index (χ1) is 12.2. The van der Waals surface area contributed by atoms with E-state index in [2.05, 4.69) is 39.2 Å². The van der Waals surface area contributed by atoms with E-state index in [1.807, 2.05) is 17.0 Å². The molecule has 2 aromatic heterocycles. The van der Waals surface area contributed by atoms with E-state index >= 15 is 0 Å². The van der Waals surface area contributed by atoms with Crippen LogP contribution in [0.3, 0.4) is 0 Å². The van der Waals surface area contributed by atoms with Crippen LogP contribution in [0.4, 0.5) is 0 Å². The molecule has 6 nitrogen and oxygen atoms in total. The van der Waals surface area contributed by atoms with Gasteiger partial charge in [-0.15, -0.1) is 0 Å². The molecule has 1 aromatic carbocycles. The molecule has 1 N–H and O–H groups in total. The van der Waals surface area contributed by atoms with Gasteiger partial charge in [0.05, 0.1) is 12.1 Å². The van der Waals surface area contributed by atoms with E-state index in [0.717, 1.165) is 36.2 Å². The molecule has 1 amide bonds. The van der Waals surface area contributed by atoms with Gasteiger partial charge < -0.3 is 4.90 Å². The third-order valence-corrected chi connectivity index (χ3v) is 4.87. The average molecular weight is 335 g/mol. The molecule has 1 aliphatic heterocycles. The summed E-state index contributed by atoms with van der Waals surface area (Å²) < 4.78 is 0. The van der Waals surface area contributed by atoms with Gasteiger partial charge in [0.15, 0.2) is 5.65 Å². The van der Waals surface area contributed by atoms with Crippen molar-refractivity contribution in [3.8, 4) is 0 Å². The number of rotatable bonds is 3. The smallest absolute Gasteiger partial charge is 0.227 e. The van der Waals surface area contributed by atoms with Gasteiger partial charge in [-0.2, -0.15) is 5.10 Å². The van der Waals surface area contributed by atoms with Gasteiger partial charge in [-0.25, -0.2) is 9.97 Å². The minimum absolute atomic E-state index is 0.184. The van der Waals surface area contributed by atoms with Gasteiger partial charge in [-0.3, -0.25) is 9.89 Å². The second-order valence-electron chi connectivity index (χ2n) is 6.71. The second kappa shape index (κ2) is 6.63. The third kappa shape index (κ3) is 3.24. The van der Waals surface area contributed by atoms with Crippen molar-refractivity contribution in [2.75, 3.05) is 13.1 Å². The average Bonchev–Trinajstić information content (AvgIpc) is 3.08. The number of nitrogens with zero attached hydrogens (tertiary/aromatic N) is 4. The van der Waals surface area contributed by atoms with Crippen LogP contribution in [0.5, 0.6) is 0 Å². The number of carbonyl (C=O) groups is 1. The molecular weight excluding hydrogens is 314 g/mol. The molecular formula is C19H21N5O. The lowest BCUT2D eigenvalue weighted by atomic mass is 9.94. The Labute approximate surface area is 146 Å². The summed E-state index contributed by atoms with van der Waals surface area (Å²) in [5, 5.41) is 7.32. The molecule has 0 spiro atoms. The molecule has 3 heterocycles. The number of likely N-dealkylation sites (tertiary alicyclic amines) is 1. The van der Waals surface area contributed by atoms with Crippen LogP contribution in [0.15, 0.2) is 36.7 Å². The van der Waals surface area contributed by atoms with E-state index in [-0.39, 0.29) is 11.8 Å². The first-order valence-corrected chi connectivity index (χ1v) is 8.69. The van der Waals surface area contributed by atoms with Crippen LogP contribution >= 0.6 is 0 Å². The Morgan fingerprint density at radius 2 is 2.04 bits per heavy atom. The number of carbonyl (C=O) groups excluding carboxylic acids is 1. The lowest BCUT2D eigenvalue weighted by Crippen LogP contribution is -2.40. The number of aryl methyl sites for hydroxylation is 1. The first-order valence-electron chi connectivity index (χ1n) is 8.69. The first kappa shape index (κ1) is 15.7. The SMILES string of the molecule is Cc1ccc(CC(=O)N2CCC[C@@H](c3[nH]nc4nccnc34)C2)cc1.